The Labute approximate surface area is 128 Å². The van der Waals surface area contributed by atoms with E-state index < -0.39 is 0 Å². The lowest BCUT2D eigenvalue weighted by Gasteiger charge is -2.29. The normalized spacial score (nSPS) is 16.9. The molecule has 1 amide bonds. The van der Waals surface area contributed by atoms with Crippen molar-refractivity contribution in [2.45, 2.75) is 59.5 Å². The highest BCUT2D eigenvalue weighted by Crippen LogP contribution is 2.16. The molecule has 0 aromatic heterocycles. The number of nitrogens with zero attached hydrogens (tertiary/aromatic N) is 1. The molecular formula is C18H28N2O. The van der Waals surface area contributed by atoms with Gasteiger partial charge in [-0.25, -0.2) is 0 Å². The summed E-state index contributed by atoms with van der Waals surface area (Å²) >= 11 is 0. The molecule has 0 spiro atoms. The topological polar surface area (TPSA) is 32.3 Å². The summed E-state index contributed by atoms with van der Waals surface area (Å²) in [4.78, 5) is 14.4. The maximum Gasteiger partial charge on any atom is 0.239 e. The van der Waals surface area contributed by atoms with Gasteiger partial charge < -0.3 is 10.2 Å². The predicted molar refractivity (Wildman–Crippen MR) is 87.4 cm³/mol. The number of carbonyl (C=O) groups excluding carboxylic acids is 1. The predicted octanol–water partition coefficient (Wildman–Crippen LogP) is 3.10. The number of amides is 1. The van der Waals surface area contributed by atoms with Gasteiger partial charge in [0.1, 0.15) is 0 Å². The molecule has 2 rings (SSSR count). The largest absolute Gasteiger partial charge is 0.341 e. The first kappa shape index (κ1) is 16.0. The summed E-state index contributed by atoms with van der Waals surface area (Å²) in [5, 5.41) is 3.39. The van der Waals surface area contributed by atoms with Gasteiger partial charge in [0.25, 0.3) is 0 Å². The van der Waals surface area contributed by atoms with E-state index in [9.17, 15) is 4.79 Å². The van der Waals surface area contributed by atoms with Gasteiger partial charge in [-0.1, -0.05) is 12.1 Å². The molecule has 1 atom stereocenters. The van der Waals surface area contributed by atoms with Crippen LogP contribution in [0.3, 0.4) is 0 Å². The molecule has 3 nitrogen and oxygen atoms in total. The Bertz CT molecular complexity index is 504. The first-order valence-corrected chi connectivity index (χ1v) is 8.08. The number of carbonyl (C=O) groups is 1. The minimum atomic E-state index is -0.107. The Kier molecular flexibility index (Phi) is 5.40. The number of nitrogens with one attached hydrogen (secondary N) is 1. The molecule has 1 unspecified atom stereocenters. The molecule has 0 saturated carbocycles. The number of rotatable bonds is 4. The molecule has 3 heteroatoms. The number of piperidine rings is 1. The number of likely N-dealkylation sites (tertiary alicyclic amines) is 1. The van der Waals surface area contributed by atoms with Crippen molar-refractivity contribution in [1.29, 1.82) is 0 Å². The van der Waals surface area contributed by atoms with E-state index in [4.69, 9.17) is 0 Å². The summed E-state index contributed by atoms with van der Waals surface area (Å²) in [5.74, 6) is 0.246. The molecule has 1 heterocycles. The molecular weight excluding hydrogens is 260 g/mol. The van der Waals surface area contributed by atoms with Crippen LogP contribution in [0.1, 0.15) is 48.4 Å². The first-order valence-electron chi connectivity index (χ1n) is 8.08. The van der Waals surface area contributed by atoms with Gasteiger partial charge in [-0.05, 0) is 69.2 Å². The van der Waals surface area contributed by atoms with Crippen molar-refractivity contribution in [1.82, 2.24) is 10.2 Å². The highest BCUT2D eigenvalue weighted by molar-refractivity contribution is 5.81. The molecule has 1 fully saturated rings. The molecule has 0 radical (unpaired) electrons. The third-order valence-electron chi connectivity index (χ3n) is 4.59. The molecule has 0 aliphatic carbocycles. The molecule has 1 aromatic carbocycles. The molecule has 1 saturated heterocycles. The lowest BCUT2D eigenvalue weighted by Crippen LogP contribution is -2.46. The smallest absolute Gasteiger partial charge is 0.239 e. The fraction of sp³-hybridized carbons (Fsp3) is 0.611. The van der Waals surface area contributed by atoms with Crippen molar-refractivity contribution in [3.05, 3.63) is 34.4 Å². The van der Waals surface area contributed by atoms with Crippen LogP contribution >= 0.6 is 0 Å². The molecule has 0 bridgehead atoms. The maximum absolute atomic E-state index is 12.4. The number of hydrogen-bond donors (Lipinski definition) is 1. The van der Waals surface area contributed by atoms with E-state index in [0.717, 1.165) is 32.5 Å². The van der Waals surface area contributed by atoms with Crippen molar-refractivity contribution >= 4 is 5.91 Å². The molecule has 1 aromatic rings. The summed E-state index contributed by atoms with van der Waals surface area (Å²) in [6.45, 7) is 11.0. The molecule has 1 aliphatic rings. The third kappa shape index (κ3) is 4.07. The van der Waals surface area contributed by atoms with E-state index in [1.54, 1.807) is 0 Å². The van der Waals surface area contributed by atoms with Crippen molar-refractivity contribution in [3.63, 3.8) is 0 Å². The van der Waals surface area contributed by atoms with E-state index >= 15 is 0 Å². The summed E-state index contributed by atoms with van der Waals surface area (Å²) in [5.41, 5.74) is 5.22. The Hall–Kier alpha value is -1.35. The Morgan fingerprint density at radius 1 is 1.10 bits per heavy atom. The van der Waals surface area contributed by atoms with Crippen LogP contribution in [0.15, 0.2) is 12.1 Å². The average Bonchev–Trinajstić information content (AvgIpc) is 2.49. The number of aryl methyl sites for hydroxylation is 3. The highest BCUT2D eigenvalue weighted by atomic mass is 16.2. The van der Waals surface area contributed by atoms with E-state index in [1.165, 1.54) is 28.7 Å². The second kappa shape index (κ2) is 7.08. The van der Waals surface area contributed by atoms with Gasteiger partial charge in [-0.3, -0.25) is 4.79 Å². The standard InChI is InChI=1S/C18H28N2O/c1-13-10-15(3)17(11-14(13)2)12-19-16(4)18(21)20-8-6-5-7-9-20/h10-11,16,19H,5-9,12H2,1-4H3. The van der Waals surface area contributed by atoms with Crippen LogP contribution in [0.4, 0.5) is 0 Å². The minimum Gasteiger partial charge on any atom is -0.341 e. The summed E-state index contributed by atoms with van der Waals surface area (Å²) in [6.07, 6.45) is 3.55. The van der Waals surface area contributed by atoms with Crippen molar-refractivity contribution in [2.24, 2.45) is 0 Å². The van der Waals surface area contributed by atoms with Crippen LogP contribution in [-0.2, 0) is 11.3 Å². The molecule has 116 valence electrons. The van der Waals surface area contributed by atoms with Crippen LogP contribution < -0.4 is 5.32 Å². The van der Waals surface area contributed by atoms with Gasteiger partial charge >= 0.3 is 0 Å². The Morgan fingerprint density at radius 2 is 1.71 bits per heavy atom. The van der Waals surface area contributed by atoms with Gasteiger partial charge in [0, 0.05) is 19.6 Å². The molecule has 1 N–H and O–H groups in total. The summed E-state index contributed by atoms with van der Waals surface area (Å²) in [7, 11) is 0. The van der Waals surface area contributed by atoms with Crippen LogP contribution in [0.2, 0.25) is 0 Å². The average molecular weight is 288 g/mol. The second-order valence-electron chi connectivity index (χ2n) is 6.35. The molecule has 21 heavy (non-hydrogen) atoms. The molecule has 1 aliphatic heterocycles. The fourth-order valence-electron chi connectivity index (χ4n) is 2.95. The quantitative estimate of drug-likeness (QED) is 0.923. The van der Waals surface area contributed by atoms with E-state index in [-0.39, 0.29) is 11.9 Å². The summed E-state index contributed by atoms with van der Waals surface area (Å²) < 4.78 is 0. The van der Waals surface area contributed by atoms with Crippen LogP contribution in [-0.4, -0.2) is 29.9 Å². The van der Waals surface area contributed by atoms with Gasteiger partial charge in [0.2, 0.25) is 5.91 Å². The zero-order chi connectivity index (χ0) is 15.4. The van der Waals surface area contributed by atoms with Crippen molar-refractivity contribution in [3.8, 4) is 0 Å². The fourth-order valence-corrected chi connectivity index (χ4v) is 2.95. The van der Waals surface area contributed by atoms with Crippen LogP contribution in [0.5, 0.6) is 0 Å². The Morgan fingerprint density at radius 3 is 2.38 bits per heavy atom. The Balaban J connectivity index is 1.92. The van der Waals surface area contributed by atoms with Crippen LogP contribution in [0.25, 0.3) is 0 Å². The van der Waals surface area contributed by atoms with E-state index in [2.05, 4.69) is 38.2 Å². The monoisotopic (exact) mass is 288 g/mol. The first-order chi connectivity index (χ1) is 9.99. The van der Waals surface area contributed by atoms with E-state index in [1.807, 2.05) is 11.8 Å². The zero-order valence-corrected chi connectivity index (χ0v) is 13.8. The highest BCUT2D eigenvalue weighted by Gasteiger charge is 2.21. The number of hydrogen-bond acceptors (Lipinski definition) is 2. The van der Waals surface area contributed by atoms with Gasteiger partial charge in [0.15, 0.2) is 0 Å². The third-order valence-corrected chi connectivity index (χ3v) is 4.59. The van der Waals surface area contributed by atoms with Gasteiger partial charge in [-0.15, -0.1) is 0 Å². The van der Waals surface area contributed by atoms with Gasteiger partial charge in [-0.2, -0.15) is 0 Å². The van der Waals surface area contributed by atoms with Crippen LogP contribution in [0, 0.1) is 20.8 Å². The van der Waals surface area contributed by atoms with E-state index in [0.29, 0.717) is 0 Å². The zero-order valence-electron chi connectivity index (χ0n) is 13.8. The minimum absolute atomic E-state index is 0.107. The van der Waals surface area contributed by atoms with Crippen molar-refractivity contribution in [2.75, 3.05) is 13.1 Å². The van der Waals surface area contributed by atoms with Crippen molar-refractivity contribution < 1.29 is 4.79 Å². The lowest BCUT2D eigenvalue weighted by atomic mass is 10.0. The lowest BCUT2D eigenvalue weighted by molar-refractivity contribution is -0.133. The summed E-state index contributed by atoms with van der Waals surface area (Å²) in [6, 6.07) is 4.35. The number of benzene rings is 1. The van der Waals surface area contributed by atoms with Gasteiger partial charge in [0.05, 0.1) is 6.04 Å². The second-order valence-corrected chi connectivity index (χ2v) is 6.35. The maximum atomic E-state index is 12.4. The SMILES string of the molecule is Cc1cc(C)c(CNC(C)C(=O)N2CCCCC2)cc1C.